The Kier molecular flexibility index (Phi) is 5.37. The number of fused-ring (bicyclic) bond motifs is 2. The van der Waals surface area contributed by atoms with E-state index in [9.17, 15) is 28.1 Å². The number of hydrogen-bond donors (Lipinski definition) is 1. The Morgan fingerprint density at radius 2 is 1.54 bits per heavy atom. The van der Waals surface area contributed by atoms with Gasteiger partial charge in [0.05, 0.1) is 18.2 Å². The van der Waals surface area contributed by atoms with E-state index in [1.807, 2.05) is 0 Å². The van der Waals surface area contributed by atoms with Crippen LogP contribution in [0.15, 0.2) is 84.9 Å². The lowest BCUT2D eigenvalue weighted by Crippen LogP contribution is -2.62. The third-order valence-corrected chi connectivity index (χ3v) is 7.43. The highest BCUT2D eigenvalue weighted by Gasteiger charge is 2.82. The maximum Gasteiger partial charge on any atom is 0.404 e. The number of anilines is 1. The van der Waals surface area contributed by atoms with Gasteiger partial charge in [-0.2, -0.15) is 13.2 Å². The van der Waals surface area contributed by atoms with Gasteiger partial charge in [-0.3, -0.25) is 20.2 Å². The minimum Gasteiger partial charge on any atom is -0.305 e. The van der Waals surface area contributed by atoms with Gasteiger partial charge in [0.25, 0.3) is 5.91 Å². The summed E-state index contributed by atoms with van der Waals surface area (Å²) in [6.07, 6.45) is -4.93. The van der Waals surface area contributed by atoms with Gasteiger partial charge in [-0.15, -0.1) is 0 Å². The first-order valence-electron chi connectivity index (χ1n) is 10.8. The third kappa shape index (κ3) is 3.25. The van der Waals surface area contributed by atoms with E-state index in [0.717, 1.165) is 0 Å². The summed E-state index contributed by atoms with van der Waals surface area (Å²) in [6, 6.07) is 19.8. The first-order chi connectivity index (χ1) is 16.6. The number of amides is 1. The van der Waals surface area contributed by atoms with Gasteiger partial charge in [-0.25, -0.2) is 0 Å². The molecule has 35 heavy (non-hydrogen) atoms. The lowest BCUT2D eigenvalue weighted by Gasteiger charge is -2.33. The van der Waals surface area contributed by atoms with E-state index in [1.165, 1.54) is 41.3 Å². The molecule has 1 saturated heterocycles. The first-order valence-corrected chi connectivity index (χ1v) is 11.2. The van der Waals surface area contributed by atoms with Crippen LogP contribution in [0.5, 0.6) is 0 Å². The van der Waals surface area contributed by atoms with E-state index in [-0.39, 0.29) is 23.4 Å². The Bertz CT molecular complexity index is 1290. The minimum atomic E-state index is -4.93. The summed E-state index contributed by atoms with van der Waals surface area (Å²) in [5.74, 6) is -2.78. The average molecular weight is 502 g/mol. The van der Waals surface area contributed by atoms with Crippen molar-refractivity contribution in [2.45, 2.75) is 35.2 Å². The number of nitro groups is 1. The summed E-state index contributed by atoms with van der Waals surface area (Å²) in [4.78, 5) is 24.2. The number of para-hydroxylation sites is 1. The van der Waals surface area contributed by atoms with Gasteiger partial charge in [0.2, 0.25) is 5.54 Å². The molecule has 2 aliphatic rings. The highest BCUT2D eigenvalue weighted by Crippen LogP contribution is 2.61. The first kappa shape index (κ1) is 23.3. The summed E-state index contributed by atoms with van der Waals surface area (Å²) in [5, 5.41) is 15.0. The molecule has 3 aromatic carbocycles. The van der Waals surface area contributed by atoms with E-state index in [1.54, 1.807) is 48.5 Å². The van der Waals surface area contributed by atoms with E-state index < -0.39 is 39.5 Å². The molecule has 10 heteroatoms. The molecule has 0 saturated carbocycles. The zero-order valence-electron chi connectivity index (χ0n) is 18.1. The Hall–Kier alpha value is -3.43. The SMILES string of the molecule is O=C1N(Cc2ccccc2)c2ccccc2[C@@]12N[C@H](C(F)(F)F)[C@@H](c1ccccc1)[C@]2(Cl)[N+](=O)[O-]. The summed E-state index contributed by atoms with van der Waals surface area (Å²) in [5.41, 5.74) is -1.42. The number of rotatable bonds is 4. The molecule has 0 aromatic heterocycles. The topological polar surface area (TPSA) is 75.5 Å². The van der Waals surface area contributed by atoms with E-state index >= 15 is 0 Å². The van der Waals surface area contributed by atoms with Crippen molar-refractivity contribution in [3.05, 3.63) is 112 Å². The Morgan fingerprint density at radius 1 is 0.971 bits per heavy atom. The number of carbonyl (C=O) groups excluding carboxylic acids is 1. The fraction of sp³-hybridized carbons (Fsp3) is 0.240. The Balaban J connectivity index is 1.76. The maximum atomic E-state index is 14.4. The van der Waals surface area contributed by atoms with Gasteiger partial charge in [0, 0.05) is 10.5 Å². The Labute approximate surface area is 203 Å². The molecular weight excluding hydrogens is 483 g/mol. The van der Waals surface area contributed by atoms with Gasteiger partial charge < -0.3 is 4.90 Å². The summed E-state index contributed by atoms with van der Waals surface area (Å²) >= 11 is 6.75. The van der Waals surface area contributed by atoms with Crippen LogP contribution in [0.25, 0.3) is 0 Å². The van der Waals surface area contributed by atoms with E-state index in [0.29, 0.717) is 5.56 Å². The zero-order valence-corrected chi connectivity index (χ0v) is 18.8. The van der Waals surface area contributed by atoms with Crippen LogP contribution >= 0.6 is 11.6 Å². The van der Waals surface area contributed by atoms with Gasteiger partial charge >= 0.3 is 11.2 Å². The quantitative estimate of drug-likeness (QED) is 0.237. The van der Waals surface area contributed by atoms with E-state index in [2.05, 4.69) is 5.32 Å². The van der Waals surface area contributed by atoms with Crippen molar-refractivity contribution in [1.82, 2.24) is 5.32 Å². The molecule has 0 unspecified atom stereocenters. The van der Waals surface area contributed by atoms with Crippen LogP contribution in [0.3, 0.4) is 0 Å². The fourth-order valence-electron chi connectivity index (χ4n) is 5.32. The standard InChI is InChI=1S/C25H19ClF3N3O3/c26-24(32(34)35)20(17-11-5-2-6-12-17)21(25(27,28)29)30-23(24)18-13-7-8-14-19(18)31(22(23)33)15-16-9-3-1-4-10-16/h1-14,20-21,30H,15H2/t20-,21+,23-,24+/m1/s1. The molecule has 180 valence electrons. The van der Waals surface area contributed by atoms with Crippen molar-refractivity contribution in [3.63, 3.8) is 0 Å². The highest BCUT2D eigenvalue weighted by molar-refractivity contribution is 6.29. The molecule has 2 heterocycles. The van der Waals surface area contributed by atoms with Crippen molar-refractivity contribution >= 4 is 23.2 Å². The molecule has 4 atom stereocenters. The maximum absolute atomic E-state index is 14.4. The number of alkyl halides is 4. The molecule has 2 aliphatic heterocycles. The molecule has 3 aromatic rings. The molecular formula is C25H19ClF3N3O3. The fourth-order valence-corrected chi connectivity index (χ4v) is 5.81. The predicted octanol–water partition coefficient (Wildman–Crippen LogP) is 4.96. The number of halogens is 4. The second-order valence-corrected chi connectivity index (χ2v) is 9.20. The van der Waals surface area contributed by atoms with Crippen LogP contribution in [0, 0.1) is 10.1 Å². The van der Waals surface area contributed by atoms with Crippen molar-refractivity contribution < 1.29 is 22.9 Å². The second kappa shape index (κ2) is 8.07. The van der Waals surface area contributed by atoms with Crippen molar-refractivity contribution in [1.29, 1.82) is 0 Å². The van der Waals surface area contributed by atoms with Crippen molar-refractivity contribution in [3.8, 4) is 0 Å². The predicted molar refractivity (Wildman–Crippen MR) is 123 cm³/mol. The van der Waals surface area contributed by atoms with Crippen LogP contribution in [0.4, 0.5) is 18.9 Å². The van der Waals surface area contributed by atoms with Crippen molar-refractivity contribution in [2.24, 2.45) is 0 Å². The van der Waals surface area contributed by atoms with Crippen LogP contribution in [0.1, 0.15) is 22.6 Å². The number of hydrogen-bond acceptors (Lipinski definition) is 4. The second-order valence-electron chi connectivity index (χ2n) is 8.63. The van der Waals surface area contributed by atoms with Crippen LogP contribution in [-0.4, -0.2) is 28.0 Å². The third-order valence-electron chi connectivity index (χ3n) is 6.77. The van der Waals surface area contributed by atoms with Crippen molar-refractivity contribution in [2.75, 3.05) is 4.90 Å². The van der Waals surface area contributed by atoms with Crippen LogP contribution in [0.2, 0.25) is 0 Å². The van der Waals surface area contributed by atoms with E-state index in [4.69, 9.17) is 11.6 Å². The number of nitrogens with zero attached hydrogens (tertiary/aromatic N) is 2. The molecule has 0 aliphatic carbocycles. The molecule has 1 spiro atoms. The van der Waals surface area contributed by atoms with Gasteiger partial charge in [0.1, 0.15) is 6.04 Å². The zero-order chi connectivity index (χ0) is 25.0. The Morgan fingerprint density at radius 3 is 2.14 bits per heavy atom. The molecule has 6 nitrogen and oxygen atoms in total. The lowest BCUT2D eigenvalue weighted by molar-refractivity contribution is -0.553. The van der Waals surface area contributed by atoms with Gasteiger partial charge in [0.15, 0.2) is 0 Å². The highest BCUT2D eigenvalue weighted by atomic mass is 35.5. The number of nitrogens with one attached hydrogen (secondary N) is 1. The van der Waals surface area contributed by atoms with Gasteiger partial charge in [-0.1, -0.05) is 78.9 Å². The summed E-state index contributed by atoms with van der Waals surface area (Å²) in [6.45, 7) is 0.0114. The normalized spacial score (nSPS) is 27.9. The molecule has 1 fully saturated rings. The smallest absolute Gasteiger partial charge is 0.305 e. The monoisotopic (exact) mass is 501 g/mol. The van der Waals surface area contributed by atoms with Crippen LogP contribution in [-0.2, 0) is 16.9 Å². The van der Waals surface area contributed by atoms with Crippen LogP contribution < -0.4 is 10.2 Å². The largest absolute Gasteiger partial charge is 0.404 e. The summed E-state index contributed by atoms with van der Waals surface area (Å²) in [7, 11) is 0. The van der Waals surface area contributed by atoms with Gasteiger partial charge in [-0.05, 0) is 28.8 Å². The minimum absolute atomic E-state index is 0.0114. The number of carbonyl (C=O) groups is 1. The lowest BCUT2D eigenvalue weighted by atomic mass is 9.77. The molecule has 1 amide bonds. The average Bonchev–Trinajstić information content (AvgIpc) is 3.27. The summed E-state index contributed by atoms with van der Waals surface area (Å²) < 4.78 is 43.3. The number of benzene rings is 3. The molecule has 0 bridgehead atoms. The molecule has 1 N–H and O–H groups in total. The molecule has 5 rings (SSSR count). The molecule has 0 radical (unpaired) electrons.